The summed E-state index contributed by atoms with van der Waals surface area (Å²) in [6.07, 6.45) is 2.66. The Kier molecular flexibility index (Phi) is 17.0. The molecule has 3 unspecified atom stereocenters. The highest BCUT2D eigenvalue weighted by Crippen LogP contribution is 2.18. The van der Waals surface area contributed by atoms with Crippen molar-refractivity contribution in [3.63, 3.8) is 0 Å². The Labute approximate surface area is 286 Å². The second kappa shape index (κ2) is 21.4. The quantitative estimate of drug-likeness (QED) is 0.178. The molecular formula is C30H42FN9O10. The van der Waals surface area contributed by atoms with Crippen LogP contribution in [0.4, 0.5) is 33.2 Å². The molecule has 6 rings (SSSR count). The van der Waals surface area contributed by atoms with Crippen LogP contribution in [0.3, 0.4) is 0 Å². The Morgan fingerprint density at radius 1 is 0.740 bits per heavy atom. The molecule has 3 aliphatic heterocycles. The average Bonchev–Trinajstić information content (AvgIpc) is 3.58. The normalized spacial score (nSPS) is 20.8. The van der Waals surface area contributed by atoms with Crippen molar-refractivity contribution in [2.45, 2.75) is 18.3 Å². The Hall–Kier alpha value is -4.70. The molecule has 3 fully saturated rings. The van der Waals surface area contributed by atoms with E-state index in [4.69, 9.17) is 25.1 Å². The number of nitrogens with one attached hydrogen (secondary N) is 1. The van der Waals surface area contributed by atoms with Crippen molar-refractivity contribution in [1.82, 2.24) is 20.3 Å². The number of aromatic nitrogens is 3. The van der Waals surface area contributed by atoms with Gasteiger partial charge in [-0.15, -0.1) is 0 Å². The van der Waals surface area contributed by atoms with Gasteiger partial charge < -0.3 is 70.6 Å². The molecule has 0 aliphatic carbocycles. The predicted molar refractivity (Wildman–Crippen MR) is 178 cm³/mol. The van der Waals surface area contributed by atoms with E-state index in [1.807, 2.05) is 15.9 Å². The van der Waals surface area contributed by atoms with Crippen LogP contribution in [0, 0.1) is 26.0 Å². The molecule has 3 aliphatic rings. The van der Waals surface area contributed by atoms with Crippen LogP contribution < -0.4 is 20.9 Å². The Morgan fingerprint density at radius 2 is 1.24 bits per heavy atom. The van der Waals surface area contributed by atoms with Crippen LogP contribution in [0.5, 0.6) is 0 Å². The number of nitrogens with two attached hydrogens (primary N) is 1. The minimum Gasteiger partial charge on any atom is -0.389 e. The van der Waals surface area contributed by atoms with Gasteiger partial charge in [0.25, 0.3) is 0 Å². The summed E-state index contributed by atoms with van der Waals surface area (Å²) in [5.41, 5.74) is 7.23. The van der Waals surface area contributed by atoms with E-state index in [0.717, 1.165) is 49.4 Å². The maximum Gasteiger partial charge on any atom is 0.363 e. The zero-order valence-electron chi connectivity index (χ0n) is 27.2. The number of halogens is 1. The minimum atomic E-state index is -0.681. The second-order valence-electron chi connectivity index (χ2n) is 10.9. The maximum absolute atomic E-state index is 12.1. The van der Waals surface area contributed by atoms with Gasteiger partial charge in [0.05, 0.1) is 75.5 Å². The van der Waals surface area contributed by atoms with E-state index >= 15 is 0 Å². The molecule has 0 amide bonds. The highest BCUT2D eigenvalue weighted by Gasteiger charge is 2.19. The molecule has 0 aromatic carbocycles. The lowest BCUT2D eigenvalue weighted by atomic mass is 10.3. The molecule has 0 bridgehead atoms. The number of ether oxygens (including phenoxy) is 3. The first-order valence-electron chi connectivity index (χ1n) is 15.6. The lowest BCUT2D eigenvalue weighted by Crippen LogP contribution is -2.32. The number of nitro groups is 2. The number of β-amino-alcohol motifs (C(OH)–C–C–N with tert-alkyl or cyclic N) is 3. The van der Waals surface area contributed by atoms with Crippen LogP contribution in [0.1, 0.15) is 0 Å². The standard InChI is InChI=1S/C10H13N3O4.C10H15N3O2.C5H3FN2O2.C5H11NO2/c14-9-6-12(3-4-17-7-9)8-1-2-10(11-5-8)13(15)16;11-10-2-1-8(5-12-10)13-3-4-15-7-9(14)6-13;6-4-1-2-5(7-3-4)8(9)10;7-5-3-6-1-2-8-4-5/h1-2,5,9,14H,3-4,6-7H2;1-2,5,9,14H,3-4,6-7H2,(H2,11,12);1-3H;5-7H,1-4H2. The van der Waals surface area contributed by atoms with Gasteiger partial charge in [-0.1, -0.05) is 0 Å². The van der Waals surface area contributed by atoms with Crippen molar-refractivity contribution in [3.8, 4) is 0 Å². The third-order valence-electron chi connectivity index (χ3n) is 6.93. The van der Waals surface area contributed by atoms with E-state index in [0.29, 0.717) is 65.0 Å². The fraction of sp³-hybridized carbons (Fsp3) is 0.500. The molecule has 3 aromatic rings. The molecule has 3 saturated heterocycles. The first kappa shape index (κ1) is 39.7. The van der Waals surface area contributed by atoms with Crippen molar-refractivity contribution in [1.29, 1.82) is 0 Å². The Bertz CT molecular complexity index is 1420. The predicted octanol–water partition coefficient (Wildman–Crippen LogP) is 0.145. The van der Waals surface area contributed by atoms with E-state index < -0.39 is 27.9 Å². The smallest absolute Gasteiger partial charge is 0.363 e. The zero-order valence-corrected chi connectivity index (χ0v) is 27.2. The van der Waals surface area contributed by atoms with Gasteiger partial charge in [-0.2, -0.15) is 0 Å². The molecule has 6 N–H and O–H groups in total. The number of nitrogens with zero attached hydrogens (tertiary/aromatic N) is 7. The van der Waals surface area contributed by atoms with Crippen LogP contribution in [0.25, 0.3) is 0 Å². The summed E-state index contributed by atoms with van der Waals surface area (Å²) < 4.78 is 27.5. The largest absolute Gasteiger partial charge is 0.389 e. The van der Waals surface area contributed by atoms with E-state index in [1.54, 1.807) is 18.3 Å². The maximum atomic E-state index is 12.1. The highest BCUT2D eigenvalue weighted by molar-refractivity contribution is 5.48. The molecule has 50 heavy (non-hydrogen) atoms. The molecule has 274 valence electrons. The number of hydrogen-bond acceptors (Lipinski definition) is 17. The third kappa shape index (κ3) is 14.8. The number of aliphatic hydroxyl groups excluding tert-OH is 3. The lowest BCUT2D eigenvalue weighted by molar-refractivity contribution is -0.389. The Morgan fingerprint density at radius 3 is 1.72 bits per heavy atom. The van der Waals surface area contributed by atoms with Crippen LogP contribution in [0.2, 0.25) is 0 Å². The van der Waals surface area contributed by atoms with E-state index in [1.165, 1.54) is 12.3 Å². The first-order valence-corrected chi connectivity index (χ1v) is 15.6. The first-order chi connectivity index (χ1) is 24.0. The van der Waals surface area contributed by atoms with E-state index in [9.17, 15) is 34.8 Å². The summed E-state index contributed by atoms with van der Waals surface area (Å²) in [5.74, 6) is -0.599. The van der Waals surface area contributed by atoms with Gasteiger partial charge in [-0.3, -0.25) is 0 Å². The van der Waals surface area contributed by atoms with Crippen LogP contribution >= 0.6 is 0 Å². The van der Waals surface area contributed by atoms with Gasteiger partial charge in [0, 0.05) is 51.4 Å². The van der Waals surface area contributed by atoms with E-state index in [2.05, 4.69) is 20.3 Å². The molecule has 19 nitrogen and oxygen atoms in total. The highest BCUT2D eigenvalue weighted by atomic mass is 19.1. The van der Waals surface area contributed by atoms with Crippen molar-refractivity contribution in [3.05, 3.63) is 81.0 Å². The number of aliphatic hydroxyl groups is 3. The van der Waals surface area contributed by atoms with Gasteiger partial charge >= 0.3 is 11.6 Å². The van der Waals surface area contributed by atoms with E-state index in [-0.39, 0.29) is 17.7 Å². The number of pyridine rings is 3. The summed E-state index contributed by atoms with van der Waals surface area (Å²) in [7, 11) is 0. The van der Waals surface area contributed by atoms with Crippen molar-refractivity contribution in [2.75, 3.05) is 94.4 Å². The number of anilines is 3. The molecule has 6 heterocycles. The summed E-state index contributed by atoms with van der Waals surface area (Å²) in [6.45, 7) is 7.01. The molecule has 3 aromatic heterocycles. The SMILES string of the molecule is Nc1ccc(N2CCOCC(O)C2)cn1.O=[N+]([O-])c1ccc(F)cn1.O=[N+]([O-])c1ccc(N2CCOCC(O)C2)cn1.OC1CNCCOC1. The Balaban J connectivity index is 0.000000188. The van der Waals surface area contributed by atoms with Gasteiger partial charge in [-0.25, -0.2) is 9.37 Å². The second-order valence-corrected chi connectivity index (χ2v) is 10.9. The fourth-order valence-electron chi connectivity index (χ4n) is 4.48. The molecule has 0 spiro atoms. The molecule has 0 radical (unpaired) electrons. The fourth-order valence-corrected chi connectivity index (χ4v) is 4.48. The van der Waals surface area contributed by atoms with Gasteiger partial charge in [0.1, 0.15) is 5.82 Å². The lowest BCUT2D eigenvalue weighted by Gasteiger charge is -2.23. The summed E-state index contributed by atoms with van der Waals surface area (Å²) in [4.78, 5) is 34.1. The zero-order chi connectivity index (χ0) is 36.3. The summed E-state index contributed by atoms with van der Waals surface area (Å²) in [6, 6.07) is 8.64. The van der Waals surface area contributed by atoms with Gasteiger partial charge in [0.2, 0.25) is 0 Å². The number of rotatable bonds is 4. The number of nitrogen functional groups attached to an aromatic ring is 1. The van der Waals surface area contributed by atoms with Gasteiger partial charge in [0.15, 0.2) is 18.2 Å². The summed E-state index contributed by atoms with van der Waals surface area (Å²) >= 11 is 0. The van der Waals surface area contributed by atoms with Crippen LogP contribution in [-0.4, -0.2) is 137 Å². The van der Waals surface area contributed by atoms with Gasteiger partial charge in [-0.05, 0) is 44.1 Å². The molecular weight excluding hydrogens is 665 g/mol. The monoisotopic (exact) mass is 707 g/mol. The van der Waals surface area contributed by atoms with Crippen LogP contribution in [0.15, 0.2) is 55.0 Å². The molecule has 20 heteroatoms. The molecule has 0 saturated carbocycles. The molecule has 3 atom stereocenters. The van der Waals surface area contributed by atoms with Crippen molar-refractivity contribution >= 4 is 28.8 Å². The van der Waals surface area contributed by atoms with Crippen molar-refractivity contribution in [2.24, 2.45) is 0 Å². The third-order valence-corrected chi connectivity index (χ3v) is 6.93. The van der Waals surface area contributed by atoms with Crippen LogP contribution in [-0.2, 0) is 14.2 Å². The minimum absolute atomic E-state index is 0.180. The average molecular weight is 708 g/mol. The number of hydrogen-bond donors (Lipinski definition) is 5. The van der Waals surface area contributed by atoms with Crippen molar-refractivity contribution < 1.29 is 43.8 Å². The summed E-state index contributed by atoms with van der Waals surface area (Å²) in [5, 5.41) is 51.5. The topological polar surface area (TPSA) is 258 Å².